The molecule has 0 saturated carbocycles. The van der Waals surface area contributed by atoms with Gasteiger partial charge in [-0.2, -0.15) is 0 Å². The highest BCUT2D eigenvalue weighted by Gasteiger charge is 2.30. The Morgan fingerprint density at radius 2 is 2.00 bits per heavy atom. The van der Waals surface area contributed by atoms with Gasteiger partial charge in [0.15, 0.2) is 5.82 Å². The van der Waals surface area contributed by atoms with Gasteiger partial charge in [0.25, 0.3) is 5.91 Å². The third-order valence-corrected chi connectivity index (χ3v) is 4.94. The molecule has 1 fully saturated rings. The van der Waals surface area contributed by atoms with Gasteiger partial charge in [-0.25, -0.2) is 19.3 Å². The molecule has 132 valence electrons. The van der Waals surface area contributed by atoms with Crippen molar-refractivity contribution in [2.24, 2.45) is 0 Å². The van der Waals surface area contributed by atoms with Crippen LogP contribution in [0.3, 0.4) is 0 Å². The van der Waals surface area contributed by atoms with Gasteiger partial charge in [-0.05, 0) is 0 Å². The molecule has 1 amide bonds. The number of ether oxygens (including phenoxy) is 1. The molecule has 1 aromatic carbocycles. The molecule has 0 aliphatic carbocycles. The van der Waals surface area contributed by atoms with Crippen molar-refractivity contribution in [1.82, 2.24) is 19.9 Å². The Kier molecular flexibility index (Phi) is 4.57. The van der Waals surface area contributed by atoms with E-state index in [9.17, 15) is 9.18 Å². The molecule has 0 radical (unpaired) electrons. The molecule has 0 spiro atoms. The SMILES string of the molecule is O=C(c1csc(-c2ccccc2)n1)N1CC[C@@H](Oc2ncc(F)cn2)C1. The summed E-state index contributed by atoms with van der Waals surface area (Å²) in [5, 5.41) is 2.60. The van der Waals surface area contributed by atoms with Crippen LogP contribution < -0.4 is 4.74 Å². The number of nitrogens with zero attached hydrogens (tertiary/aromatic N) is 4. The van der Waals surface area contributed by atoms with E-state index in [2.05, 4.69) is 15.0 Å². The number of amides is 1. The van der Waals surface area contributed by atoms with Crippen molar-refractivity contribution in [3.63, 3.8) is 0 Å². The monoisotopic (exact) mass is 370 g/mol. The summed E-state index contributed by atoms with van der Waals surface area (Å²) in [6.45, 7) is 1.00. The number of carbonyl (C=O) groups is 1. The van der Waals surface area contributed by atoms with Crippen molar-refractivity contribution in [2.75, 3.05) is 13.1 Å². The fourth-order valence-electron chi connectivity index (χ4n) is 2.77. The Morgan fingerprint density at radius 1 is 1.23 bits per heavy atom. The van der Waals surface area contributed by atoms with Crippen molar-refractivity contribution < 1.29 is 13.9 Å². The van der Waals surface area contributed by atoms with Crippen LogP contribution >= 0.6 is 11.3 Å². The van der Waals surface area contributed by atoms with Crippen molar-refractivity contribution in [2.45, 2.75) is 12.5 Å². The first-order chi connectivity index (χ1) is 12.7. The Labute approximate surface area is 153 Å². The molecule has 2 aromatic heterocycles. The van der Waals surface area contributed by atoms with Gasteiger partial charge < -0.3 is 9.64 Å². The van der Waals surface area contributed by atoms with Crippen LogP contribution in [-0.4, -0.2) is 45.0 Å². The van der Waals surface area contributed by atoms with Gasteiger partial charge in [-0.3, -0.25) is 4.79 Å². The molecular weight excluding hydrogens is 355 g/mol. The third kappa shape index (κ3) is 3.55. The zero-order valence-electron chi connectivity index (χ0n) is 13.7. The number of carbonyl (C=O) groups excluding carboxylic acids is 1. The minimum Gasteiger partial charge on any atom is -0.458 e. The molecule has 3 heterocycles. The predicted octanol–water partition coefficient (Wildman–Crippen LogP) is 3.03. The summed E-state index contributed by atoms with van der Waals surface area (Å²) in [6.07, 6.45) is 2.57. The minimum atomic E-state index is -0.515. The summed E-state index contributed by atoms with van der Waals surface area (Å²) in [6, 6.07) is 9.88. The molecule has 0 N–H and O–H groups in total. The zero-order chi connectivity index (χ0) is 17.9. The fraction of sp³-hybridized carbons (Fsp3) is 0.222. The van der Waals surface area contributed by atoms with E-state index in [-0.39, 0.29) is 18.0 Å². The van der Waals surface area contributed by atoms with Gasteiger partial charge >= 0.3 is 6.01 Å². The summed E-state index contributed by atoms with van der Waals surface area (Å²) in [5.74, 6) is -0.632. The molecule has 6 nitrogen and oxygen atoms in total. The molecule has 0 unspecified atom stereocenters. The molecule has 3 aromatic rings. The average Bonchev–Trinajstić information content (AvgIpc) is 3.34. The van der Waals surface area contributed by atoms with Crippen molar-refractivity contribution in [3.8, 4) is 16.6 Å². The van der Waals surface area contributed by atoms with Crippen LogP contribution in [0.4, 0.5) is 4.39 Å². The lowest BCUT2D eigenvalue weighted by Crippen LogP contribution is -2.31. The first-order valence-electron chi connectivity index (χ1n) is 8.13. The van der Waals surface area contributed by atoms with Crippen LogP contribution in [0, 0.1) is 5.82 Å². The van der Waals surface area contributed by atoms with E-state index in [1.807, 2.05) is 30.3 Å². The largest absolute Gasteiger partial charge is 0.458 e. The van der Waals surface area contributed by atoms with Gasteiger partial charge in [-0.15, -0.1) is 11.3 Å². The molecule has 1 aliphatic heterocycles. The van der Waals surface area contributed by atoms with E-state index < -0.39 is 5.82 Å². The van der Waals surface area contributed by atoms with E-state index >= 15 is 0 Å². The number of hydrogen-bond donors (Lipinski definition) is 0. The van der Waals surface area contributed by atoms with Gasteiger partial charge in [-0.1, -0.05) is 30.3 Å². The second kappa shape index (κ2) is 7.17. The second-order valence-electron chi connectivity index (χ2n) is 5.87. The van der Waals surface area contributed by atoms with Crippen molar-refractivity contribution >= 4 is 17.2 Å². The van der Waals surface area contributed by atoms with E-state index in [0.29, 0.717) is 25.2 Å². The zero-order valence-corrected chi connectivity index (χ0v) is 14.5. The number of likely N-dealkylation sites (tertiary alicyclic amines) is 1. The maximum Gasteiger partial charge on any atom is 0.316 e. The van der Waals surface area contributed by atoms with E-state index in [1.54, 1.807) is 10.3 Å². The maximum atomic E-state index is 12.8. The number of halogens is 1. The Balaban J connectivity index is 1.40. The van der Waals surface area contributed by atoms with E-state index in [0.717, 1.165) is 23.0 Å². The third-order valence-electron chi connectivity index (χ3n) is 4.04. The molecule has 8 heteroatoms. The summed E-state index contributed by atoms with van der Waals surface area (Å²) >= 11 is 1.45. The molecule has 1 atom stereocenters. The van der Waals surface area contributed by atoms with Crippen molar-refractivity contribution in [3.05, 3.63) is 59.6 Å². The molecular formula is C18H15FN4O2S. The highest BCUT2D eigenvalue weighted by molar-refractivity contribution is 7.13. The smallest absolute Gasteiger partial charge is 0.316 e. The standard InChI is InChI=1S/C18H15FN4O2S/c19-13-8-20-18(21-9-13)25-14-6-7-23(10-14)17(24)15-11-26-16(22-15)12-4-2-1-3-5-12/h1-5,8-9,11,14H,6-7,10H2/t14-/m1/s1. The number of thiazole rings is 1. The number of hydrogen-bond acceptors (Lipinski definition) is 6. The summed E-state index contributed by atoms with van der Waals surface area (Å²) in [4.78, 5) is 26.4. The van der Waals surface area contributed by atoms with E-state index in [1.165, 1.54) is 11.3 Å². The predicted molar refractivity (Wildman–Crippen MR) is 94.5 cm³/mol. The van der Waals surface area contributed by atoms with Crippen LogP contribution in [0.25, 0.3) is 10.6 Å². The van der Waals surface area contributed by atoms with Crippen LogP contribution in [-0.2, 0) is 0 Å². The van der Waals surface area contributed by atoms with Crippen LogP contribution in [0.1, 0.15) is 16.9 Å². The Morgan fingerprint density at radius 3 is 2.77 bits per heavy atom. The highest BCUT2D eigenvalue weighted by atomic mass is 32.1. The molecule has 4 rings (SSSR count). The number of benzene rings is 1. The van der Waals surface area contributed by atoms with Gasteiger partial charge in [0.2, 0.25) is 0 Å². The highest BCUT2D eigenvalue weighted by Crippen LogP contribution is 2.25. The lowest BCUT2D eigenvalue weighted by atomic mass is 10.2. The maximum absolute atomic E-state index is 12.8. The summed E-state index contributed by atoms with van der Waals surface area (Å²) < 4.78 is 18.5. The molecule has 0 bridgehead atoms. The van der Waals surface area contributed by atoms with Gasteiger partial charge in [0.1, 0.15) is 16.8 Å². The van der Waals surface area contributed by atoms with Gasteiger partial charge in [0, 0.05) is 23.9 Å². The molecule has 1 saturated heterocycles. The molecule has 26 heavy (non-hydrogen) atoms. The quantitative estimate of drug-likeness (QED) is 0.706. The fourth-order valence-corrected chi connectivity index (χ4v) is 3.57. The minimum absolute atomic E-state index is 0.116. The summed E-state index contributed by atoms with van der Waals surface area (Å²) in [7, 11) is 0. The Bertz CT molecular complexity index is 901. The lowest BCUT2D eigenvalue weighted by molar-refractivity contribution is 0.0765. The first kappa shape index (κ1) is 16.6. The van der Waals surface area contributed by atoms with Gasteiger partial charge in [0.05, 0.1) is 18.9 Å². The topological polar surface area (TPSA) is 68.2 Å². The normalized spacial score (nSPS) is 16.7. The van der Waals surface area contributed by atoms with Crippen LogP contribution in [0.2, 0.25) is 0 Å². The second-order valence-corrected chi connectivity index (χ2v) is 6.73. The lowest BCUT2D eigenvalue weighted by Gasteiger charge is -2.15. The summed E-state index contributed by atoms with van der Waals surface area (Å²) in [5.41, 5.74) is 1.43. The first-order valence-corrected chi connectivity index (χ1v) is 9.01. The van der Waals surface area contributed by atoms with Crippen molar-refractivity contribution in [1.29, 1.82) is 0 Å². The Hall–Kier alpha value is -2.87. The van der Waals surface area contributed by atoms with Crippen LogP contribution in [0.15, 0.2) is 48.1 Å². The average molecular weight is 370 g/mol. The van der Waals surface area contributed by atoms with Crippen LogP contribution in [0.5, 0.6) is 6.01 Å². The number of aromatic nitrogens is 3. The molecule has 1 aliphatic rings. The van der Waals surface area contributed by atoms with E-state index in [4.69, 9.17) is 4.74 Å². The number of rotatable bonds is 4.